The Morgan fingerprint density at radius 3 is 2.82 bits per heavy atom. The fourth-order valence-electron chi connectivity index (χ4n) is 1.57. The number of halogens is 2. The standard InChI is InChI=1S/C13H10BrClN2O4S/c1-20-10(18)5-21-11-7(14)2-6(3-8(11)15)4-9-12(19)17-13(16)22-9/h2-4H,5H2,1H3,(H2,16,17,19). The summed E-state index contributed by atoms with van der Waals surface area (Å²) in [5.74, 6) is -0.592. The molecule has 1 amide bonds. The van der Waals surface area contributed by atoms with Gasteiger partial charge in [0.15, 0.2) is 17.5 Å². The first-order valence-electron chi connectivity index (χ1n) is 5.87. The molecule has 1 aromatic carbocycles. The second-order valence-electron chi connectivity index (χ2n) is 4.04. The van der Waals surface area contributed by atoms with Crippen LogP contribution in [0.1, 0.15) is 5.56 Å². The minimum Gasteiger partial charge on any atom is -0.479 e. The maximum atomic E-state index is 11.6. The second kappa shape index (κ2) is 7.17. The third-order valence-electron chi connectivity index (χ3n) is 2.52. The van der Waals surface area contributed by atoms with E-state index in [1.165, 1.54) is 7.11 Å². The lowest BCUT2D eigenvalue weighted by Crippen LogP contribution is -2.13. The van der Waals surface area contributed by atoms with E-state index in [9.17, 15) is 9.59 Å². The minimum absolute atomic E-state index is 0.208. The quantitative estimate of drug-likeness (QED) is 0.611. The molecule has 0 unspecified atom stereocenters. The number of rotatable bonds is 4. The number of methoxy groups -OCH3 is 1. The van der Waals surface area contributed by atoms with Gasteiger partial charge >= 0.3 is 5.97 Å². The molecule has 0 fully saturated rings. The van der Waals surface area contributed by atoms with Crippen molar-refractivity contribution in [1.82, 2.24) is 0 Å². The molecule has 1 aliphatic rings. The number of amidine groups is 1. The van der Waals surface area contributed by atoms with Crippen molar-refractivity contribution in [3.63, 3.8) is 0 Å². The molecular formula is C13H10BrClN2O4S. The number of thioether (sulfide) groups is 1. The van der Waals surface area contributed by atoms with Gasteiger partial charge < -0.3 is 15.2 Å². The van der Waals surface area contributed by atoms with Gasteiger partial charge in [-0.3, -0.25) is 4.79 Å². The summed E-state index contributed by atoms with van der Waals surface area (Å²) in [7, 11) is 1.27. The SMILES string of the molecule is COC(=O)COc1c(Cl)cc(C=C2SC(N)=NC2=O)cc1Br. The third kappa shape index (κ3) is 4.02. The van der Waals surface area contributed by atoms with Crippen molar-refractivity contribution in [2.75, 3.05) is 13.7 Å². The Kier molecular flexibility index (Phi) is 5.49. The van der Waals surface area contributed by atoms with Crippen LogP contribution in [0.5, 0.6) is 5.75 Å². The van der Waals surface area contributed by atoms with E-state index >= 15 is 0 Å². The van der Waals surface area contributed by atoms with Crippen LogP contribution in [0.25, 0.3) is 6.08 Å². The lowest BCUT2D eigenvalue weighted by atomic mass is 10.2. The molecule has 0 radical (unpaired) electrons. The highest BCUT2D eigenvalue weighted by Crippen LogP contribution is 2.36. The molecule has 116 valence electrons. The van der Waals surface area contributed by atoms with Crippen molar-refractivity contribution in [2.24, 2.45) is 10.7 Å². The van der Waals surface area contributed by atoms with E-state index in [1.807, 2.05) is 0 Å². The van der Waals surface area contributed by atoms with Crippen LogP contribution in [0.2, 0.25) is 5.02 Å². The maximum absolute atomic E-state index is 11.6. The fraction of sp³-hybridized carbons (Fsp3) is 0.154. The minimum atomic E-state index is -0.519. The monoisotopic (exact) mass is 404 g/mol. The van der Waals surface area contributed by atoms with Crippen molar-refractivity contribution < 1.29 is 19.1 Å². The van der Waals surface area contributed by atoms with Gasteiger partial charge in [0.2, 0.25) is 0 Å². The van der Waals surface area contributed by atoms with Crippen molar-refractivity contribution in [3.8, 4) is 5.75 Å². The number of amides is 1. The predicted octanol–water partition coefficient (Wildman–Crippen LogP) is 2.58. The van der Waals surface area contributed by atoms with Crippen molar-refractivity contribution in [2.45, 2.75) is 0 Å². The lowest BCUT2D eigenvalue weighted by molar-refractivity contribution is -0.142. The van der Waals surface area contributed by atoms with Crippen LogP contribution in [0, 0.1) is 0 Å². The molecule has 0 saturated carbocycles. The number of esters is 1. The van der Waals surface area contributed by atoms with Gasteiger partial charge in [-0.05, 0) is 51.5 Å². The Balaban J connectivity index is 2.21. The zero-order valence-corrected chi connectivity index (χ0v) is 14.4. The molecule has 0 saturated heterocycles. The van der Waals surface area contributed by atoms with Crippen molar-refractivity contribution >= 4 is 62.4 Å². The van der Waals surface area contributed by atoms with Gasteiger partial charge in [0.1, 0.15) is 0 Å². The number of ether oxygens (including phenoxy) is 2. The molecule has 6 nitrogen and oxygen atoms in total. The number of carbonyl (C=O) groups excluding carboxylic acids is 2. The number of hydrogen-bond donors (Lipinski definition) is 1. The molecule has 9 heteroatoms. The van der Waals surface area contributed by atoms with Gasteiger partial charge in [-0.1, -0.05) is 11.6 Å². The van der Waals surface area contributed by atoms with E-state index in [0.29, 0.717) is 20.7 Å². The van der Waals surface area contributed by atoms with Crippen LogP contribution in [-0.2, 0) is 14.3 Å². The Labute approximate surface area is 143 Å². The van der Waals surface area contributed by atoms with Crippen LogP contribution in [0.3, 0.4) is 0 Å². The molecular weight excluding hydrogens is 396 g/mol. The first-order chi connectivity index (χ1) is 10.4. The van der Waals surface area contributed by atoms with Crippen LogP contribution < -0.4 is 10.5 Å². The number of carbonyl (C=O) groups is 2. The van der Waals surface area contributed by atoms with Gasteiger partial charge in [0, 0.05) is 0 Å². The van der Waals surface area contributed by atoms with Gasteiger partial charge in [-0.2, -0.15) is 4.99 Å². The van der Waals surface area contributed by atoms with E-state index in [0.717, 1.165) is 11.8 Å². The highest BCUT2D eigenvalue weighted by Gasteiger charge is 2.20. The summed E-state index contributed by atoms with van der Waals surface area (Å²) in [5, 5.41) is 0.494. The first-order valence-corrected chi connectivity index (χ1v) is 7.86. The zero-order chi connectivity index (χ0) is 16.3. The van der Waals surface area contributed by atoms with Gasteiger partial charge in [-0.15, -0.1) is 0 Å². The molecule has 1 heterocycles. The number of benzene rings is 1. The molecule has 2 rings (SSSR count). The molecule has 2 N–H and O–H groups in total. The Morgan fingerprint density at radius 1 is 1.55 bits per heavy atom. The van der Waals surface area contributed by atoms with Crippen LogP contribution in [0.15, 0.2) is 26.5 Å². The molecule has 0 spiro atoms. The molecule has 1 aliphatic heterocycles. The van der Waals surface area contributed by atoms with Crippen molar-refractivity contribution in [3.05, 3.63) is 32.1 Å². The van der Waals surface area contributed by atoms with E-state index in [4.69, 9.17) is 22.1 Å². The Bertz CT molecular complexity index is 682. The highest BCUT2D eigenvalue weighted by molar-refractivity contribution is 9.10. The Morgan fingerprint density at radius 2 is 2.27 bits per heavy atom. The normalized spacial score (nSPS) is 15.9. The van der Waals surface area contributed by atoms with Crippen molar-refractivity contribution in [1.29, 1.82) is 0 Å². The van der Waals surface area contributed by atoms with E-state index in [-0.39, 0.29) is 22.7 Å². The fourth-order valence-corrected chi connectivity index (χ4v) is 3.24. The Hall–Kier alpha value is -1.51. The van der Waals surface area contributed by atoms with Crippen LogP contribution >= 0.6 is 39.3 Å². The van der Waals surface area contributed by atoms with E-state index in [1.54, 1.807) is 18.2 Å². The zero-order valence-electron chi connectivity index (χ0n) is 11.3. The molecule has 0 bridgehead atoms. The number of aliphatic imine (C=N–C) groups is 1. The summed E-state index contributed by atoms with van der Waals surface area (Å²) in [6.07, 6.45) is 1.62. The first kappa shape index (κ1) is 16.9. The molecule has 22 heavy (non-hydrogen) atoms. The van der Waals surface area contributed by atoms with Gasteiger partial charge in [0.25, 0.3) is 5.91 Å². The lowest BCUT2D eigenvalue weighted by Gasteiger charge is -2.10. The van der Waals surface area contributed by atoms with Gasteiger partial charge in [-0.25, -0.2) is 4.79 Å². The predicted molar refractivity (Wildman–Crippen MR) is 88.9 cm³/mol. The van der Waals surface area contributed by atoms with Crippen LogP contribution in [0.4, 0.5) is 0 Å². The molecule has 0 aliphatic carbocycles. The number of nitrogens with two attached hydrogens (primary N) is 1. The summed E-state index contributed by atoms with van der Waals surface area (Å²) in [4.78, 5) is 26.7. The number of nitrogens with zero attached hydrogens (tertiary/aromatic N) is 1. The maximum Gasteiger partial charge on any atom is 0.343 e. The smallest absolute Gasteiger partial charge is 0.343 e. The average Bonchev–Trinajstić information content (AvgIpc) is 2.75. The summed E-state index contributed by atoms with van der Waals surface area (Å²) >= 11 is 10.5. The van der Waals surface area contributed by atoms with E-state index in [2.05, 4.69) is 25.7 Å². The molecule has 1 aromatic rings. The van der Waals surface area contributed by atoms with E-state index < -0.39 is 5.97 Å². The third-order valence-corrected chi connectivity index (χ3v) is 4.20. The summed E-state index contributed by atoms with van der Waals surface area (Å²) in [6.45, 7) is -0.256. The average molecular weight is 406 g/mol. The second-order valence-corrected chi connectivity index (χ2v) is 6.37. The van der Waals surface area contributed by atoms with Crippen LogP contribution in [-0.4, -0.2) is 30.8 Å². The number of hydrogen-bond acceptors (Lipinski definition) is 6. The summed E-state index contributed by atoms with van der Waals surface area (Å²) in [6, 6.07) is 3.31. The highest BCUT2D eigenvalue weighted by atomic mass is 79.9. The summed E-state index contributed by atoms with van der Waals surface area (Å²) in [5.41, 5.74) is 6.16. The largest absolute Gasteiger partial charge is 0.479 e. The summed E-state index contributed by atoms with van der Waals surface area (Å²) < 4.78 is 10.3. The topological polar surface area (TPSA) is 91.0 Å². The molecule has 0 aromatic heterocycles. The molecule has 0 atom stereocenters. The van der Waals surface area contributed by atoms with Gasteiger partial charge in [0.05, 0.1) is 21.5 Å².